The van der Waals surface area contributed by atoms with E-state index in [0.717, 1.165) is 5.56 Å². The van der Waals surface area contributed by atoms with Gasteiger partial charge in [0.05, 0.1) is 0 Å². The zero-order valence-electron chi connectivity index (χ0n) is 12.6. The molecule has 1 aliphatic heterocycles. The van der Waals surface area contributed by atoms with E-state index in [4.69, 9.17) is 4.52 Å². The van der Waals surface area contributed by atoms with E-state index in [-0.39, 0.29) is 4.90 Å². The highest BCUT2D eigenvalue weighted by Crippen LogP contribution is 2.28. The van der Waals surface area contributed by atoms with Gasteiger partial charge >= 0.3 is 0 Å². The molecule has 22 heavy (non-hydrogen) atoms. The van der Waals surface area contributed by atoms with Crippen molar-refractivity contribution < 1.29 is 12.9 Å². The van der Waals surface area contributed by atoms with E-state index in [1.165, 1.54) is 9.88 Å². The van der Waals surface area contributed by atoms with Gasteiger partial charge in [0.1, 0.15) is 10.6 Å². The van der Waals surface area contributed by atoms with Crippen molar-refractivity contribution in [3.63, 3.8) is 0 Å². The second kappa shape index (κ2) is 5.70. The molecule has 0 saturated carbocycles. The molecule has 5 nitrogen and oxygen atoms in total. The molecule has 1 aliphatic rings. The highest BCUT2D eigenvalue weighted by Gasteiger charge is 2.31. The van der Waals surface area contributed by atoms with Gasteiger partial charge in [-0.3, -0.25) is 0 Å². The van der Waals surface area contributed by atoms with Crippen molar-refractivity contribution in [2.45, 2.75) is 25.2 Å². The zero-order chi connectivity index (χ0) is 15.7. The summed E-state index contributed by atoms with van der Waals surface area (Å²) >= 11 is 0. The fraction of sp³-hybridized carbons (Fsp3) is 0.312. The van der Waals surface area contributed by atoms with Crippen LogP contribution >= 0.6 is 0 Å². The highest BCUT2D eigenvalue weighted by molar-refractivity contribution is 7.89. The van der Waals surface area contributed by atoms with Crippen molar-refractivity contribution in [2.75, 3.05) is 13.1 Å². The van der Waals surface area contributed by atoms with Crippen molar-refractivity contribution >= 4 is 15.6 Å². The van der Waals surface area contributed by atoms with Gasteiger partial charge in [-0.1, -0.05) is 41.6 Å². The third-order valence-corrected chi connectivity index (χ3v) is 5.99. The molecule has 0 bridgehead atoms. The Morgan fingerprint density at radius 1 is 1.18 bits per heavy atom. The maximum atomic E-state index is 12.7. The minimum atomic E-state index is -3.55. The van der Waals surface area contributed by atoms with Crippen molar-refractivity contribution in [3.05, 3.63) is 53.4 Å². The van der Waals surface area contributed by atoms with Crippen LogP contribution in [0.25, 0.3) is 5.57 Å². The smallest absolute Gasteiger partial charge is 0.248 e. The van der Waals surface area contributed by atoms with Crippen LogP contribution in [0.5, 0.6) is 0 Å². The lowest BCUT2D eigenvalue weighted by molar-refractivity contribution is 0.389. The third-order valence-electron chi connectivity index (χ3n) is 3.88. The molecule has 0 spiro atoms. The first-order valence-corrected chi connectivity index (χ1v) is 8.61. The van der Waals surface area contributed by atoms with E-state index in [2.05, 4.69) is 5.16 Å². The van der Waals surface area contributed by atoms with E-state index in [1.54, 1.807) is 13.8 Å². The summed E-state index contributed by atoms with van der Waals surface area (Å²) in [6, 6.07) is 10.0. The summed E-state index contributed by atoms with van der Waals surface area (Å²) in [6.07, 6.45) is 2.68. The van der Waals surface area contributed by atoms with Crippen LogP contribution in [0.4, 0.5) is 0 Å². The zero-order valence-corrected chi connectivity index (χ0v) is 13.4. The number of aryl methyl sites for hydroxylation is 2. The van der Waals surface area contributed by atoms with Crippen LogP contribution in [0.3, 0.4) is 0 Å². The number of rotatable bonds is 3. The summed E-state index contributed by atoms with van der Waals surface area (Å²) in [5.41, 5.74) is 2.75. The molecule has 0 unspecified atom stereocenters. The molecule has 0 amide bonds. The van der Waals surface area contributed by atoms with Crippen LogP contribution in [0.1, 0.15) is 23.4 Å². The first-order chi connectivity index (χ1) is 10.5. The van der Waals surface area contributed by atoms with Crippen LogP contribution < -0.4 is 0 Å². The molecule has 1 aromatic heterocycles. The van der Waals surface area contributed by atoms with E-state index in [1.807, 2.05) is 36.4 Å². The standard InChI is InChI=1S/C16H18N2O3S/c1-12-16(13(2)21-17-12)22(19,20)18-10-8-15(9-11-18)14-6-4-3-5-7-14/h3-8H,9-11H2,1-2H3. The molecule has 2 heterocycles. The third kappa shape index (κ3) is 2.60. The number of benzene rings is 1. The van der Waals surface area contributed by atoms with Gasteiger partial charge in [-0.2, -0.15) is 4.31 Å². The average Bonchev–Trinajstić information content (AvgIpc) is 2.88. The first kappa shape index (κ1) is 15.0. The Morgan fingerprint density at radius 2 is 1.91 bits per heavy atom. The molecular formula is C16H18N2O3S. The van der Waals surface area contributed by atoms with Crippen LogP contribution in [0.15, 0.2) is 45.8 Å². The van der Waals surface area contributed by atoms with E-state index < -0.39 is 10.0 Å². The number of hydrogen-bond acceptors (Lipinski definition) is 4. The summed E-state index contributed by atoms with van der Waals surface area (Å²) in [5, 5.41) is 3.74. The summed E-state index contributed by atoms with van der Waals surface area (Å²) in [5.74, 6) is 0.343. The molecule has 0 fully saturated rings. The van der Waals surface area contributed by atoms with Gasteiger partial charge in [-0.15, -0.1) is 0 Å². The van der Waals surface area contributed by atoms with Crippen LogP contribution in [-0.4, -0.2) is 31.0 Å². The molecule has 0 aliphatic carbocycles. The van der Waals surface area contributed by atoms with E-state index in [0.29, 0.717) is 31.0 Å². The second-order valence-corrected chi connectivity index (χ2v) is 7.24. The van der Waals surface area contributed by atoms with Crippen molar-refractivity contribution in [3.8, 4) is 0 Å². The number of sulfonamides is 1. The summed E-state index contributed by atoms with van der Waals surface area (Å²) in [4.78, 5) is 0.198. The number of hydrogen-bond donors (Lipinski definition) is 0. The molecule has 3 rings (SSSR count). The predicted molar refractivity (Wildman–Crippen MR) is 83.8 cm³/mol. The van der Waals surface area contributed by atoms with Gasteiger partial charge in [0.15, 0.2) is 5.76 Å². The Hall–Kier alpha value is -1.92. The topological polar surface area (TPSA) is 63.4 Å². The number of aromatic nitrogens is 1. The lowest BCUT2D eigenvalue weighted by Crippen LogP contribution is -2.35. The number of nitrogens with zero attached hydrogens (tertiary/aromatic N) is 2. The van der Waals surface area contributed by atoms with Crippen LogP contribution in [-0.2, 0) is 10.0 Å². The SMILES string of the molecule is Cc1noc(C)c1S(=O)(=O)N1CC=C(c2ccccc2)CC1. The lowest BCUT2D eigenvalue weighted by atomic mass is 10.0. The fourth-order valence-electron chi connectivity index (χ4n) is 2.76. The summed E-state index contributed by atoms with van der Waals surface area (Å²) in [7, 11) is -3.55. The maximum Gasteiger partial charge on any atom is 0.248 e. The molecule has 6 heteroatoms. The van der Waals surface area contributed by atoms with Gasteiger partial charge in [0, 0.05) is 13.1 Å². The normalized spacial score (nSPS) is 16.5. The van der Waals surface area contributed by atoms with Crippen LogP contribution in [0, 0.1) is 13.8 Å². The Kier molecular flexibility index (Phi) is 3.88. The quantitative estimate of drug-likeness (QED) is 0.873. The Morgan fingerprint density at radius 3 is 2.45 bits per heavy atom. The van der Waals surface area contributed by atoms with E-state index >= 15 is 0 Å². The fourth-order valence-corrected chi connectivity index (χ4v) is 4.43. The largest absolute Gasteiger partial charge is 0.360 e. The molecule has 116 valence electrons. The first-order valence-electron chi connectivity index (χ1n) is 7.17. The van der Waals surface area contributed by atoms with Crippen LogP contribution in [0.2, 0.25) is 0 Å². The Bertz CT molecular complexity index is 788. The molecular weight excluding hydrogens is 300 g/mol. The molecule has 0 saturated heterocycles. The van der Waals surface area contributed by atoms with Crippen molar-refractivity contribution in [2.24, 2.45) is 0 Å². The molecule has 0 atom stereocenters. The molecule has 0 radical (unpaired) electrons. The lowest BCUT2D eigenvalue weighted by Gasteiger charge is -2.25. The minimum Gasteiger partial charge on any atom is -0.360 e. The highest BCUT2D eigenvalue weighted by atomic mass is 32.2. The predicted octanol–water partition coefficient (Wildman–Crippen LogP) is 2.77. The Balaban J connectivity index is 1.86. The van der Waals surface area contributed by atoms with E-state index in [9.17, 15) is 8.42 Å². The average molecular weight is 318 g/mol. The summed E-state index contributed by atoms with van der Waals surface area (Å²) < 4.78 is 31.9. The van der Waals surface area contributed by atoms with Gasteiger partial charge < -0.3 is 4.52 Å². The van der Waals surface area contributed by atoms with Crippen molar-refractivity contribution in [1.29, 1.82) is 0 Å². The minimum absolute atomic E-state index is 0.198. The monoisotopic (exact) mass is 318 g/mol. The van der Waals surface area contributed by atoms with Crippen molar-refractivity contribution in [1.82, 2.24) is 9.46 Å². The van der Waals surface area contributed by atoms with Gasteiger partial charge in [-0.25, -0.2) is 8.42 Å². The summed E-state index contributed by atoms with van der Waals surface area (Å²) in [6.45, 7) is 4.12. The van der Waals surface area contributed by atoms with Gasteiger partial charge in [-0.05, 0) is 31.4 Å². The van der Waals surface area contributed by atoms with Gasteiger partial charge in [0.25, 0.3) is 0 Å². The Labute approximate surface area is 130 Å². The maximum absolute atomic E-state index is 12.7. The molecule has 0 N–H and O–H groups in total. The van der Waals surface area contributed by atoms with Gasteiger partial charge in [0.2, 0.25) is 10.0 Å². The second-order valence-electron chi connectivity index (χ2n) is 5.36. The molecule has 1 aromatic carbocycles. The molecule has 2 aromatic rings.